The third-order valence-electron chi connectivity index (χ3n) is 5.24. The fourth-order valence-electron chi connectivity index (χ4n) is 3.61. The topological polar surface area (TPSA) is 102 Å². The molecule has 1 saturated heterocycles. The minimum absolute atomic E-state index is 0.138. The summed E-state index contributed by atoms with van der Waals surface area (Å²) in [6, 6.07) is 4.35. The van der Waals surface area contributed by atoms with Crippen LogP contribution in [0.5, 0.6) is 0 Å². The molecular formula is C18H22N4O4S. The maximum absolute atomic E-state index is 13.0. The molecule has 2 atom stereocenters. The van der Waals surface area contributed by atoms with Crippen LogP contribution >= 0.6 is 0 Å². The highest BCUT2D eigenvalue weighted by Crippen LogP contribution is 2.38. The van der Waals surface area contributed by atoms with E-state index in [0.717, 1.165) is 5.56 Å². The molecule has 2 aromatic rings. The Morgan fingerprint density at radius 3 is 2.85 bits per heavy atom. The van der Waals surface area contributed by atoms with E-state index in [9.17, 15) is 13.2 Å². The normalized spacial score (nSPS) is 24.0. The maximum atomic E-state index is 13.0. The van der Waals surface area contributed by atoms with E-state index in [1.807, 2.05) is 6.20 Å². The van der Waals surface area contributed by atoms with Gasteiger partial charge < -0.3 is 10.1 Å². The Bertz CT molecular complexity index is 1010. The number of nitrogens with one attached hydrogen (secondary N) is 2. The molecule has 4 rings (SSSR count). The highest BCUT2D eigenvalue weighted by molar-refractivity contribution is 7.89. The van der Waals surface area contributed by atoms with Crippen LogP contribution in [0.4, 0.5) is 5.69 Å². The molecular weight excluding hydrogens is 368 g/mol. The molecule has 0 unspecified atom stereocenters. The molecule has 27 heavy (non-hydrogen) atoms. The van der Waals surface area contributed by atoms with Crippen molar-refractivity contribution < 1.29 is 17.9 Å². The quantitative estimate of drug-likeness (QED) is 0.823. The monoisotopic (exact) mass is 390 g/mol. The van der Waals surface area contributed by atoms with Crippen molar-refractivity contribution in [2.45, 2.75) is 42.7 Å². The van der Waals surface area contributed by atoms with Crippen molar-refractivity contribution in [3.05, 3.63) is 41.7 Å². The molecule has 0 saturated carbocycles. The fraction of sp³-hybridized carbons (Fsp3) is 0.444. The van der Waals surface area contributed by atoms with Crippen LogP contribution in [0.2, 0.25) is 0 Å². The number of carbonyl (C=O) groups excluding carboxylic acids is 1. The van der Waals surface area contributed by atoms with Gasteiger partial charge in [-0.3, -0.25) is 9.48 Å². The van der Waals surface area contributed by atoms with Gasteiger partial charge in [-0.2, -0.15) is 5.10 Å². The van der Waals surface area contributed by atoms with Gasteiger partial charge in [-0.25, -0.2) is 13.1 Å². The molecule has 1 aromatic carbocycles. The largest absolute Gasteiger partial charge is 0.372 e. The number of benzene rings is 1. The lowest BCUT2D eigenvalue weighted by molar-refractivity contribution is -0.119. The first-order chi connectivity index (χ1) is 12.7. The lowest BCUT2D eigenvalue weighted by Gasteiger charge is -2.20. The number of ether oxygens (including phenoxy) is 1. The second-order valence-electron chi connectivity index (χ2n) is 7.54. The molecule has 0 radical (unpaired) electrons. The van der Waals surface area contributed by atoms with E-state index in [4.69, 9.17) is 4.74 Å². The van der Waals surface area contributed by atoms with Gasteiger partial charge in [0.05, 0.1) is 22.5 Å². The first kappa shape index (κ1) is 18.1. The average Bonchev–Trinajstić information content (AvgIpc) is 3.27. The van der Waals surface area contributed by atoms with Crippen LogP contribution in [0.25, 0.3) is 0 Å². The minimum atomic E-state index is -3.76. The molecule has 9 heteroatoms. The Morgan fingerprint density at radius 1 is 1.37 bits per heavy atom. The molecule has 1 amide bonds. The third kappa shape index (κ3) is 3.05. The van der Waals surface area contributed by atoms with Crippen molar-refractivity contribution in [2.75, 3.05) is 11.9 Å². The van der Waals surface area contributed by atoms with Gasteiger partial charge in [-0.15, -0.1) is 0 Å². The van der Waals surface area contributed by atoms with Crippen molar-refractivity contribution in [2.24, 2.45) is 7.05 Å². The van der Waals surface area contributed by atoms with Crippen molar-refractivity contribution in [3.8, 4) is 0 Å². The molecule has 2 aliphatic heterocycles. The Kier molecular flexibility index (Phi) is 4.13. The van der Waals surface area contributed by atoms with Gasteiger partial charge in [-0.1, -0.05) is 0 Å². The summed E-state index contributed by atoms with van der Waals surface area (Å²) in [5, 5.41) is 6.92. The van der Waals surface area contributed by atoms with Crippen molar-refractivity contribution in [1.82, 2.24) is 14.5 Å². The molecule has 0 aliphatic carbocycles. The number of carbonyl (C=O) groups is 1. The number of aryl methyl sites for hydroxylation is 1. The molecule has 2 N–H and O–H groups in total. The van der Waals surface area contributed by atoms with E-state index in [2.05, 4.69) is 15.1 Å². The van der Waals surface area contributed by atoms with Crippen LogP contribution in [0, 0.1) is 0 Å². The van der Waals surface area contributed by atoms with Crippen LogP contribution < -0.4 is 10.0 Å². The summed E-state index contributed by atoms with van der Waals surface area (Å²) >= 11 is 0. The SMILES string of the molecule is Cn1cc([C@H]2OCC[C@@H]2NS(=O)(=O)c2ccc3c(c2)C(C)(C)C(=O)N3)cn1. The highest BCUT2D eigenvalue weighted by Gasteiger charge is 2.40. The number of fused-ring (bicyclic) bond motifs is 1. The van der Waals surface area contributed by atoms with Crippen LogP contribution in [0.3, 0.4) is 0 Å². The number of aromatic nitrogens is 2. The van der Waals surface area contributed by atoms with E-state index < -0.39 is 15.4 Å². The minimum Gasteiger partial charge on any atom is -0.372 e. The van der Waals surface area contributed by atoms with Gasteiger partial charge >= 0.3 is 0 Å². The zero-order valence-electron chi connectivity index (χ0n) is 15.4. The zero-order chi connectivity index (χ0) is 19.4. The first-order valence-corrected chi connectivity index (χ1v) is 10.3. The Labute approximate surface area is 158 Å². The van der Waals surface area contributed by atoms with E-state index in [-0.39, 0.29) is 22.9 Å². The summed E-state index contributed by atoms with van der Waals surface area (Å²) in [6.07, 6.45) is 3.72. The van der Waals surface area contributed by atoms with Crippen LogP contribution in [0.15, 0.2) is 35.5 Å². The second-order valence-corrected chi connectivity index (χ2v) is 9.26. The van der Waals surface area contributed by atoms with E-state index in [1.165, 1.54) is 6.07 Å². The zero-order valence-corrected chi connectivity index (χ0v) is 16.2. The van der Waals surface area contributed by atoms with Crippen LogP contribution in [-0.2, 0) is 32.0 Å². The van der Waals surface area contributed by atoms with E-state index in [0.29, 0.717) is 24.3 Å². The van der Waals surface area contributed by atoms with Gasteiger partial charge in [0.1, 0.15) is 6.10 Å². The van der Waals surface area contributed by atoms with E-state index in [1.54, 1.807) is 43.9 Å². The van der Waals surface area contributed by atoms with Gasteiger partial charge in [0.15, 0.2) is 0 Å². The summed E-state index contributed by atoms with van der Waals surface area (Å²) in [5.41, 5.74) is 1.41. The number of hydrogen-bond acceptors (Lipinski definition) is 5. The van der Waals surface area contributed by atoms with Crippen LogP contribution in [0.1, 0.15) is 37.5 Å². The van der Waals surface area contributed by atoms with E-state index >= 15 is 0 Å². The molecule has 1 fully saturated rings. The van der Waals surface area contributed by atoms with Crippen molar-refractivity contribution in [3.63, 3.8) is 0 Å². The number of sulfonamides is 1. The summed E-state index contributed by atoms with van der Waals surface area (Å²) < 4.78 is 36.1. The number of rotatable bonds is 4. The van der Waals surface area contributed by atoms with Crippen molar-refractivity contribution in [1.29, 1.82) is 0 Å². The Hall–Kier alpha value is -2.23. The molecule has 0 spiro atoms. The standard InChI is InChI=1S/C18H22N4O4S/c1-18(2)13-8-12(4-5-14(13)20-17(18)23)27(24,25)21-15-6-7-26-16(15)11-9-19-22(3)10-11/h4-5,8-10,15-16,21H,6-7H2,1-3H3,(H,20,23)/t15-,16+/m0/s1. The maximum Gasteiger partial charge on any atom is 0.240 e. The van der Waals surface area contributed by atoms with Gasteiger partial charge in [-0.05, 0) is 44.0 Å². The highest BCUT2D eigenvalue weighted by atomic mass is 32.2. The van der Waals surface area contributed by atoms with Gasteiger partial charge in [0, 0.05) is 31.1 Å². The summed E-state index contributed by atoms with van der Waals surface area (Å²) in [6.45, 7) is 4.03. The number of hydrogen-bond donors (Lipinski definition) is 2. The fourth-order valence-corrected chi connectivity index (χ4v) is 4.91. The predicted molar refractivity (Wildman–Crippen MR) is 98.7 cm³/mol. The van der Waals surface area contributed by atoms with Crippen molar-refractivity contribution >= 4 is 21.6 Å². The Balaban J connectivity index is 1.61. The summed E-state index contributed by atoms with van der Waals surface area (Å²) in [7, 11) is -1.96. The van der Waals surface area contributed by atoms with Gasteiger partial charge in [0.25, 0.3) is 0 Å². The second kappa shape index (κ2) is 6.15. The molecule has 0 bridgehead atoms. The first-order valence-electron chi connectivity index (χ1n) is 8.77. The molecule has 3 heterocycles. The average molecular weight is 390 g/mol. The van der Waals surface area contributed by atoms with Gasteiger partial charge in [0.2, 0.25) is 15.9 Å². The molecule has 8 nitrogen and oxygen atoms in total. The predicted octanol–water partition coefficient (Wildman–Crippen LogP) is 1.46. The smallest absolute Gasteiger partial charge is 0.240 e. The molecule has 1 aromatic heterocycles. The molecule has 144 valence electrons. The number of nitrogens with zero attached hydrogens (tertiary/aromatic N) is 2. The lowest BCUT2D eigenvalue weighted by atomic mass is 9.86. The number of amides is 1. The lowest BCUT2D eigenvalue weighted by Crippen LogP contribution is -2.36. The summed E-state index contributed by atoms with van der Waals surface area (Å²) in [4.78, 5) is 12.2. The number of anilines is 1. The Morgan fingerprint density at radius 2 is 2.15 bits per heavy atom. The molecule has 2 aliphatic rings. The van der Waals surface area contributed by atoms with Crippen LogP contribution in [-0.4, -0.2) is 36.8 Å². The summed E-state index contributed by atoms with van der Waals surface area (Å²) in [5.74, 6) is -0.138. The third-order valence-corrected chi connectivity index (χ3v) is 6.73.